The summed E-state index contributed by atoms with van der Waals surface area (Å²) in [4.78, 5) is 12.2. The molecule has 7 nitrogen and oxygen atoms in total. The Morgan fingerprint density at radius 3 is 2.44 bits per heavy atom. The molecule has 36 heavy (non-hydrogen) atoms. The van der Waals surface area contributed by atoms with Crippen LogP contribution >= 0.6 is 11.6 Å². The number of sulfonamides is 1. The van der Waals surface area contributed by atoms with Crippen molar-refractivity contribution in [1.29, 1.82) is 0 Å². The zero-order valence-electron chi connectivity index (χ0n) is 18.8. The summed E-state index contributed by atoms with van der Waals surface area (Å²) < 4.78 is 46.0. The zero-order chi connectivity index (χ0) is 25.5. The van der Waals surface area contributed by atoms with Gasteiger partial charge in [-0.05, 0) is 58.8 Å². The third kappa shape index (κ3) is 6.45. The lowest BCUT2D eigenvalue weighted by atomic mass is 10.0. The highest BCUT2D eigenvalue weighted by Crippen LogP contribution is 2.27. The van der Waals surface area contributed by atoms with Gasteiger partial charge in [0, 0.05) is 10.6 Å². The number of hydrogen-bond acceptors (Lipinski definition) is 5. The number of carbonyl (C=O) groups is 1. The molecule has 0 heterocycles. The molecule has 0 saturated carbocycles. The number of ether oxygens (including phenoxy) is 1. The van der Waals surface area contributed by atoms with E-state index < -0.39 is 22.5 Å². The Kier molecular flexibility index (Phi) is 7.94. The summed E-state index contributed by atoms with van der Waals surface area (Å²) in [6, 6.07) is 22.8. The first-order valence-electron chi connectivity index (χ1n) is 10.8. The number of carbonyl (C=O) groups excluding carboxylic acids is 1. The maximum atomic E-state index is 13.2. The molecule has 184 valence electrons. The third-order valence-corrected chi connectivity index (χ3v) is 6.84. The maximum Gasteiger partial charge on any atom is 0.255 e. The van der Waals surface area contributed by atoms with Crippen molar-refractivity contribution in [3.8, 4) is 5.75 Å². The van der Waals surface area contributed by atoms with E-state index in [9.17, 15) is 17.6 Å². The molecule has 0 bridgehead atoms. The molecule has 0 aliphatic heterocycles. The van der Waals surface area contributed by atoms with Gasteiger partial charge in [0.05, 0.1) is 17.7 Å². The van der Waals surface area contributed by atoms with Gasteiger partial charge in [-0.1, -0.05) is 54.1 Å². The maximum absolute atomic E-state index is 13.2. The van der Waals surface area contributed by atoms with Crippen LogP contribution in [0.25, 0.3) is 10.8 Å². The predicted molar refractivity (Wildman–Crippen MR) is 137 cm³/mol. The molecule has 0 radical (unpaired) electrons. The van der Waals surface area contributed by atoms with Gasteiger partial charge in [0.25, 0.3) is 5.91 Å². The Balaban J connectivity index is 1.45. The smallest absolute Gasteiger partial charge is 0.255 e. The molecule has 4 aromatic carbocycles. The number of halogens is 2. The van der Waals surface area contributed by atoms with Crippen molar-refractivity contribution in [2.24, 2.45) is 5.10 Å². The molecule has 1 amide bonds. The van der Waals surface area contributed by atoms with Crippen molar-refractivity contribution < 1.29 is 22.3 Å². The Labute approximate surface area is 212 Å². The van der Waals surface area contributed by atoms with Crippen LogP contribution in [0.5, 0.6) is 5.75 Å². The SMILES string of the molecule is O=C(CNS(=O)(=O)c1ccc(Cl)cc1)N/N=C\c1c(OCc2ccc(F)cc2)ccc2ccccc12. The predicted octanol–water partition coefficient (Wildman–Crippen LogP) is 4.64. The van der Waals surface area contributed by atoms with Crippen LogP contribution in [-0.2, 0) is 21.4 Å². The Bertz CT molecular complexity index is 1510. The summed E-state index contributed by atoms with van der Waals surface area (Å²) in [6.07, 6.45) is 1.44. The molecule has 0 unspecified atom stereocenters. The lowest BCUT2D eigenvalue weighted by Gasteiger charge is -2.12. The third-order valence-electron chi connectivity index (χ3n) is 5.17. The van der Waals surface area contributed by atoms with Crippen molar-refractivity contribution in [2.75, 3.05) is 6.54 Å². The minimum Gasteiger partial charge on any atom is -0.488 e. The number of benzene rings is 4. The van der Waals surface area contributed by atoms with Crippen LogP contribution < -0.4 is 14.9 Å². The van der Waals surface area contributed by atoms with Crippen LogP contribution in [0.1, 0.15) is 11.1 Å². The Hall–Kier alpha value is -3.79. The van der Waals surface area contributed by atoms with E-state index in [0.717, 1.165) is 16.3 Å². The standard InChI is InChI=1S/C26H21ClFN3O4S/c27-20-8-12-22(13-9-20)36(33,34)30-16-26(32)31-29-15-24-23-4-2-1-3-19(23)7-14-25(24)35-17-18-5-10-21(28)11-6-18/h1-15,30H,16-17H2,(H,31,32)/b29-15-. The second-order valence-electron chi connectivity index (χ2n) is 7.69. The Morgan fingerprint density at radius 1 is 0.972 bits per heavy atom. The number of nitrogens with one attached hydrogen (secondary N) is 2. The van der Waals surface area contributed by atoms with Crippen molar-refractivity contribution >= 4 is 44.5 Å². The van der Waals surface area contributed by atoms with E-state index in [0.29, 0.717) is 16.3 Å². The molecule has 0 atom stereocenters. The largest absolute Gasteiger partial charge is 0.488 e. The highest BCUT2D eigenvalue weighted by Gasteiger charge is 2.15. The number of hydrazone groups is 1. The molecule has 0 aromatic heterocycles. The van der Waals surface area contributed by atoms with Crippen LogP contribution in [-0.4, -0.2) is 27.1 Å². The van der Waals surface area contributed by atoms with Crippen molar-refractivity contribution in [1.82, 2.24) is 10.1 Å². The average molecular weight is 526 g/mol. The van der Waals surface area contributed by atoms with Gasteiger partial charge < -0.3 is 4.74 Å². The summed E-state index contributed by atoms with van der Waals surface area (Å²) in [5.74, 6) is -0.472. The van der Waals surface area contributed by atoms with E-state index >= 15 is 0 Å². The number of amides is 1. The molecule has 0 fully saturated rings. The van der Waals surface area contributed by atoms with Gasteiger partial charge in [-0.25, -0.2) is 23.0 Å². The molecule has 10 heteroatoms. The summed E-state index contributed by atoms with van der Waals surface area (Å²) >= 11 is 5.78. The summed E-state index contributed by atoms with van der Waals surface area (Å²) in [5, 5.41) is 6.18. The summed E-state index contributed by atoms with van der Waals surface area (Å²) in [5.41, 5.74) is 3.73. The molecule has 0 spiro atoms. The van der Waals surface area contributed by atoms with Crippen LogP contribution in [0.3, 0.4) is 0 Å². The second kappa shape index (κ2) is 11.3. The van der Waals surface area contributed by atoms with Crippen LogP contribution in [0, 0.1) is 5.82 Å². The summed E-state index contributed by atoms with van der Waals surface area (Å²) in [7, 11) is -3.89. The van der Waals surface area contributed by atoms with E-state index in [2.05, 4.69) is 15.2 Å². The molecule has 0 aliphatic rings. The fourth-order valence-electron chi connectivity index (χ4n) is 3.34. The fourth-order valence-corrected chi connectivity index (χ4v) is 4.45. The minimum atomic E-state index is -3.89. The number of hydrogen-bond donors (Lipinski definition) is 2. The van der Waals surface area contributed by atoms with E-state index in [1.54, 1.807) is 18.2 Å². The van der Waals surface area contributed by atoms with E-state index in [1.165, 1.54) is 42.6 Å². The van der Waals surface area contributed by atoms with Crippen LogP contribution in [0.15, 0.2) is 94.9 Å². The summed E-state index contributed by atoms with van der Waals surface area (Å²) in [6.45, 7) is -0.302. The molecular weight excluding hydrogens is 505 g/mol. The number of rotatable bonds is 9. The van der Waals surface area contributed by atoms with E-state index in [4.69, 9.17) is 16.3 Å². The van der Waals surface area contributed by atoms with Crippen molar-refractivity contribution in [3.05, 3.63) is 107 Å². The van der Waals surface area contributed by atoms with E-state index in [1.807, 2.05) is 30.3 Å². The van der Waals surface area contributed by atoms with Gasteiger partial charge in [-0.2, -0.15) is 5.10 Å². The highest BCUT2D eigenvalue weighted by atomic mass is 35.5. The second-order valence-corrected chi connectivity index (χ2v) is 9.89. The molecule has 4 aromatic rings. The van der Waals surface area contributed by atoms with Gasteiger partial charge in [-0.15, -0.1) is 0 Å². The zero-order valence-corrected chi connectivity index (χ0v) is 20.4. The monoisotopic (exact) mass is 525 g/mol. The first-order chi connectivity index (χ1) is 17.3. The van der Waals surface area contributed by atoms with Crippen LogP contribution in [0.2, 0.25) is 5.02 Å². The fraction of sp³-hybridized carbons (Fsp3) is 0.0769. The topological polar surface area (TPSA) is 96.9 Å². The van der Waals surface area contributed by atoms with E-state index in [-0.39, 0.29) is 17.3 Å². The quantitative estimate of drug-likeness (QED) is 0.246. The highest BCUT2D eigenvalue weighted by molar-refractivity contribution is 7.89. The van der Waals surface area contributed by atoms with Gasteiger partial charge in [0.1, 0.15) is 18.2 Å². The van der Waals surface area contributed by atoms with Gasteiger partial charge in [0.2, 0.25) is 10.0 Å². The average Bonchev–Trinajstić information content (AvgIpc) is 2.88. The molecular formula is C26H21ClFN3O4S. The van der Waals surface area contributed by atoms with Crippen molar-refractivity contribution in [2.45, 2.75) is 11.5 Å². The van der Waals surface area contributed by atoms with Crippen molar-refractivity contribution in [3.63, 3.8) is 0 Å². The van der Waals surface area contributed by atoms with Gasteiger partial charge in [0.15, 0.2) is 0 Å². The number of nitrogens with zero attached hydrogens (tertiary/aromatic N) is 1. The molecule has 2 N–H and O–H groups in total. The first kappa shape index (κ1) is 25.3. The van der Waals surface area contributed by atoms with Gasteiger partial charge >= 0.3 is 0 Å². The normalized spacial score (nSPS) is 11.6. The molecule has 0 aliphatic carbocycles. The van der Waals surface area contributed by atoms with Crippen LogP contribution in [0.4, 0.5) is 4.39 Å². The minimum absolute atomic E-state index is 0.0121. The lowest BCUT2D eigenvalue weighted by Crippen LogP contribution is -2.34. The molecule has 4 rings (SSSR count). The Morgan fingerprint density at radius 2 is 1.69 bits per heavy atom. The number of fused-ring (bicyclic) bond motifs is 1. The lowest BCUT2D eigenvalue weighted by molar-refractivity contribution is -0.119. The van der Waals surface area contributed by atoms with Gasteiger partial charge in [-0.3, -0.25) is 4.79 Å². The molecule has 0 saturated heterocycles. The first-order valence-corrected chi connectivity index (χ1v) is 12.6.